The predicted octanol–water partition coefficient (Wildman–Crippen LogP) is 1.68. The van der Waals surface area contributed by atoms with Crippen LogP contribution in [0, 0.1) is 0 Å². The molecule has 0 aromatic heterocycles. The average Bonchev–Trinajstić information content (AvgIpc) is 2.98. The maximum Gasteiger partial charge on any atom is 0.286 e. The highest BCUT2D eigenvalue weighted by atomic mass is 32.2. The zero-order chi connectivity index (χ0) is 21.9. The van der Waals surface area contributed by atoms with Crippen molar-refractivity contribution in [1.82, 2.24) is 9.80 Å². The molecule has 1 N–H and O–H groups in total. The lowest BCUT2D eigenvalue weighted by atomic mass is 10.3. The van der Waals surface area contributed by atoms with Crippen LogP contribution < -0.4 is 5.32 Å². The molecule has 0 unspecified atom stereocenters. The van der Waals surface area contributed by atoms with Gasteiger partial charge in [-0.15, -0.1) is 4.40 Å². The van der Waals surface area contributed by atoms with E-state index in [9.17, 15) is 16.8 Å². The van der Waals surface area contributed by atoms with Gasteiger partial charge in [0.15, 0.2) is 9.84 Å². The summed E-state index contributed by atoms with van der Waals surface area (Å²) in [7, 11) is -6.99. The van der Waals surface area contributed by atoms with E-state index >= 15 is 0 Å². The highest BCUT2D eigenvalue weighted by Gasteiger charge is 2.26. The lowest BCUT2D eigenvalue weighted by molar-refractivity contribution is 0.282. The second-order valence-electron chi connectivity index (χ2n) is 7.74. The van der Waals surface area contributed by atoms with Crippen molar-refractivity contribution in [3.05, 3.63) is 54.6 Å². The molecule has 0 spiro atoms. The molecule has 1 saturated heterocycles. The van der Waals surface area contributed by atoms with Crippen molar-refractivity contribution < 1.29 is 16.8 Å². The van der Waals surface area contributed by atoms with E-state index in [1.165, 1.54) is 0 Å². The van der Waals surface area contributed by atoms with Crippen molar-refractivity contribution in [2.24, 2.45) is 4.40 Å². The van der Waals surface area contributed by atoms with Gasteiger partial charge < -0.3 is 10.2 Å². The lowest BCUT2D eigenvalue weighted by Gasteiger charge is -2.24. The van der Waals surface area contributed by atoms with E-state index < -0.39 is 19.9 Å². The fourth-order valence-corrected chi connectivity index (χ4v) is 6.29. The van der Waals surface area contributed by atoms with E-state index in [1.807, 2.05) is 0 Å². The summed E-state index contributed by atoms with van der Waals surface area (Å²) < 4.78 is 53.9. The van der Waals surface area contributed by atoms with Gasteiger partial charge in [-0.25, -0.2) is 8.42 Å². The number of anilines is 1. The first kappa shape index (κ1) is 21.9. The molecular weight excluding hydrogens is 436 g/mol. The number of sulfone groups is 1. The number of para-hydroxylation sites is 1. The third-order valence-corrected chi connectivity index (χ3v) is 8.59. The van der Waals surface area contributed by atoms with Gasteiger partial charge in [-0.1, -0.05) is 30.3 Å². The topological polar surface area (TPSA) is 99.2 Å². The van der Waals surface area contributed by atoms with Crippen LogP contribution in [0.15, 0.2) is 68.8 Å². The summed E-state index contributed by atoms with van der Waals surface area (Å²) in [6.45, 7) is 3.93. The highest BCUT2D eigenvalue weighted by Crippen LogP contribution is 2.26. The molecule has 2 aromatic carbocycles. The molecule has 8 nitrogen and oxygen atoms in total. The summed E-state index contributed by atoms with van der Waals surface area (Å²) >= 11 is 0. The van der Waals surface area contributed by atoms with Gasteiger partial charge in [0.05, 0.1) is 22.9 Å². The average molecular weight is 463 g/mol. The molecule has 0 amide bonds. The van der Waals surface area contributed by atoms with E-state index in [0.717, 1.165) is 26.1 Å². The first-order valence-electron chi connectivity index (χ1n) is 10.3. The fourth-order valence-electron chi connectivity index (χ4n) is 3.85. The van der Waals surface area contributed by atoms with Crippen LogP contribution in [0.3, 0.4) is 0 Å². The summed E-state index contributed by atoms with van der Waals surface area (Å²) in [4.78, 5) is 4.86. The second kappa shape index (κ2) is 9.07. The summed E-state index contributed by atoms with van der Waals surface area (Å²) in [6.07, 6.45) is 0.877. The van der Waals surface area contributed by atoms with Crippen LogP contribution >= 0.6 is 0 Å². The molecule has 0 radical (unpaired) electrons. The van der Waals surface area contributed by atoms with Crippen molar-refractivity contribution in [3.63, 3.8) is 0 Å². The Morgan fingerprint density at radius 3 is 2.39 bits per heavy atom. The first-order chi connectivity index (χ1) is 14.8. The number of rotatable bonds is 6. The van der Waals surface area contributed by atoms with E-state index in [-0.39, 0.29) is 10.6 Å². The molecule has 1 fully saturated rings. The normalized spacial score (nSPS) is 19.7. The molecule has 0 aliphatic carbocycles. The van der Waals surface area contributed by atoms with Gasteiger partial charge in [-0.2, -0.15) is 8.42 Å². The fraction of sp³-hybridized carbons (Fsp3) is 0.381. The van der Waals surface area contributed by atoms with Gasteiger partial charge >= 0.3 is 0 Å². The monoisotopic (exact) mass is 462 g/mol. The Bertz CT molecular complexity index is 1160. The summed E-state index contributed by atoms with van der Waals surface area (Å²) in [5.41, 5.74) is 0.551. The molecule has 2 aliphatic rings. The minimum atomic E-state index is -3.69. The first-order valence-corrected chi connectivity index (χ1v) is 13.4. The molecule has 0 bridgehead atoms. The largest absolute Gasteiger partial charge is 0.341 e. The van der Waals surface area contributed by atoms with Gasteiger partial charge in [0.2, 0.25) is 0 Å². The van der Waals surface area contributed by atoms with Gasteiger partial charge in [0.1, 0.15) is 10.7 Å². The van der Waals surface area contributed by atoms with Gasteiger partial charge in [0.25, 0.3) is 10.0 Å². The number of sulfonamides is 1. The number of hydrogen-bond acceptors (Lipinski definition) is 7. The van der Waals surface area contributed by atoms with Gasteiger partial charge in [-0.3, -0.25) is 4.90 Å². The third-order valence-electron chi connectivity index (χ3n) is 5.51. The SMILES string of the molecule is O=S(=O)(CCN1CCCN(CC2=NS(=O)(=O)c3ccccc3N2)CC1)c1ccccc1. The summed E-state index contributed by atoms with van der Waals surface area (Å²) in [6, 6.07) is 15.3. The van der Waals surface area contributed by atoms with E-state index in [4.69, 9.17) is 0 Å². The Labute approximate surface area is 183 Å². The Morgan fingerprint density at radius 1 is 0.903 bits per heavy atom. The number of benzene rings is 2. The maximum atomic E-state index is 12.5. The second-order valence-corrected chi connectivity index (χ2v) is 11.4. The molecule has 0 saturated carbocycles. The van der Waals surface area contributed by atoms with Crippen molar-refractivity contribution in [2.45, 2.75) is 16.2 Å². The molecule has 31 heavy (non-hydrogen) atoms. The summed E-state index contributed by atoms with van der Waals surface area (Å²) in [5, 5.41) is 3.13. The van der Waals surface area contributed by atoms with Crippen molar-refractivity contribution in [2.75, 3.05) is 50.3 Å². The van der Waals surface area contributed by atoms with Crippen molar-refractivity contribution in [1.29, 1.82) is 0 Å². The number of fused-ring (bicyclic) bond motifs is 1. The maximum absolute atomic E-state index is 12.5. The van der Waals surface area contributed by atoms with Gasteiger partial charge in [-0.05, 0) is 43.8 Å². The van der Waals surface area contributed by atoms with Crippen LogP contribution in [0.4, 0.5) is 5.69 Å². The molecule has 166 valence electrons. The molecular formula is C21H26N4O4S2. The van der Waals surface area contributed by atoms with Crippen LogP contribution in [0.25, 0.3) is 0 Å². The zero-order valence-electron chi connectivity index (χ0n) is 17.1. The van der Waals surface area contributed by atoms with Crippen LogP contribution in [0.5, 0.6) is 0 Å². The minimum Gasteiger partial charge on any atom is -0.341 e. The van der Waals surface area contributed by atoms with Crippen molar-refractivity contribution >= 4 is 31.4 Å². The molecule has 2 heterocycles. The van der Waals surface area contributed by atoms with E-state index in [0.29, 0.717) is 36.1 Å². The standard InChI is InChI=1S/C21H26N4O4S2/c26-30(27,18-7-2-1-3-8-18)16-15-24-11-6-12-25(14-13-24)17-21-22-19-9-4-5-10-20(19)31(28,29)23-21/h1-5,7-10H,6,11-17H2,(H,22,23). The predicted molar refractivity (Wildman–Crippen MR) is 121 cm³/mol. The molecule has 0 atom stereocenters. The molecule has 10 heteroatoms. The Hall–Kier alpha value is -2.27. The Kier molecular flexibility index (Phi) is 6.42. The molecule has 4 rings (SSSR count). The Balaban J connectivity index is 1.33. The van der Waals surface area contributed by atoms with Crippen LogP contribution in [0.1, 0.15) is 6.42 Å². The lowest BCUT2D eigenvalue weighted by Crippen LogP contribution is -2.38. The Morgan fingerprint density at radius 2 is 1.58 bits per heavy atom. The summed E-state index contributed by atoms with van der Waals surface area (Å²) in [5.74, 6) is 0.499. The zero-order valence-corrected chi connectivity index (χ0v) is 18.8. The smallest absolute Gasteiger partial charge is 0.286 e. The van der Waals surface area contributed by atoms with E-state index in [2.05, 4.69) is 19.5 Å². The minimum absolute atomic E-state index is 0.0836. The van der Waals surface area contributed by atoms with Crippen molar-refractivity contribution in [3.8, 4) is 0 Å². The number of amidine groups is 1. The molecule has 2 aliphatic heterocycles. The number of nitrogens with one attached hydrogen (secondary N) is 1. The molecule has 2 aromatic rings. The highest BCUT2D eigenvalue weighted by molar-refractivity contribution is 7.91. The van der Waals surface area contributed by atoms with Crippen LogP contribution in [0.2, 0.25) is 0 Å². The van der Waals surface area contributed by atoms with Crippen LogP contribution in [-0.2, 0) is 19.9 Å². The van der Waals surface area contributed by atoms with Gasteiger partial charge in [0, 0.05) is 19.6 Å². The van der Waals surface area contributed by atoms with Crippen LogP contribution in [-0.4, -0.2) is 77.5 Å². The quantitative estimate of drug-likeness (QED) is 0.697. The third kappa shape index (κ3) is 5.32. The number of hydrogen-bond donors (Lipinski definition) is 1. The van der Waals surface area contributed by atoms with E-state index in [1.54, 1.807) is 54.6 Å². The number of nitrogens with zero attached hydrogens (tertiary/aromatic N) is 3.